The fraction of sp³-hybridized carbons (Fsp3) is 0.118. The van der Waals surface area contributed by atoms with Gasteiger partial charge in [-0.2, -0.15) is 0 Å². The number of phenolic OH excluding ortho intramolecular Hbond substituents is 1. The van der Waals surface area contributed by atoms with Gasteiger partial charge in [0.15, 0.2) is 0 Å². The summed E-state index contributed by atoms with van der Waals surface area (Å²) in [5.74, 6) is -0.742. The van der Waals surface area contributed by atoms with E-state index in [9.17, 15) is 9.90 Å². The van der Waals surface area contributed by atoms with Gasteiger partial charge < -0.3 is 14.6 Å². The molecular formula is C17H14O4. The normalized spacial score (nSPS) is 10.9. The molecule has 0 fully saturated rings. The zero-order chi connectivity index (χ0) is 15.0. The number of phenols is 1. The molecule has 0 aliphatic carbocycles. The molecule has 0 spiro atoms. The Morgan fingerprint density at radius 1 is 1.19 bits per heavy atom. The molecule has 2 aromatic carbocycles. The van der Waals surface area contributed by atoms with Gasteiger partial charge in [-0.15, -0.1) is 0 Å². The predicted molar refractivity (Wildman–Crippen MR) is 78.8 cm³/mol. The number of aryl methyl sites for hydroxylation is 1. The van der Waals surface area contributed by atoms with Crippen molar-refractivity contribution in [3.8, 4) is 5.75 Å². The van der Waals surface area contributed by atoms with Gasteiger partial charge in [-0.05, 0) is 36.2 Å². The minimum Gasteiger partial charge on any atom is -0.508 e. The number of hydrogen-bond acceptors (Lipinski definition) is 3. The molecule has 1 heterocycles. The Morgan fingerprint density at radius 2 is 1.90 bits per heavy atom. The molecule has 0 saturated heterocycles. The van der Waals surface area contributed by atoms with Crippen LogP contribution in [0, 0.1) is 6.92 Å². The van der Waals surface area contributed by atoms with Gasteiger partial charge in [0.1, 0.15) is 11.3 Å². The summed E-state index contributed by atoms with van der Waals surface area (Å²) in [6.07, 6.45) is 2.33. The van der Waals surface area contributed by atoms with E-state index in [1.54, 1.807) is 42.7 Å². The summed E-state index contributed by atoms with van der Waals surface area (Å²) in [5.41, 5.74) is 3.92. The summed E-state index contributed by atoms with van der Waals surface area (Å²) >= 11 is 0. The molecule has 0 aliphatic rings. The molecular weight excluding hydrogens is 268 g/mol. The average molecular weight is 282 g/mol. The summed E-state index contributed by atoms with van der Waals surface area (Å²) in [6.45, 7) is 1.93. The number of carbonyl (C=O) groups is 1. The lowest BCUT2D eigenvalue weighted by molar-refractivity contribution is 0.0697. The molecule has 1 aromatic heterocycles. The number of hydrogen-bond donors (Lipinski definition) is 2. The van der Waals surface area contributed by atoms with E-state index in [2.05, 4.69) is 0 Å². The van der Waals surface area contributed by atoms with Crippen LogP contribution in [-0.4, -0.2) is 16.2 Å². The third-order valence-corrected chi connectivity index (χ3v) is 3.53. The van der Waals surface area contributed by atoms with Gasteiger partial charge >= 0.3 is 5.97 Å². The monoisotopic (exact) mass is 282 g/mol. The van der Waals surface area contributed by atoms with Crippen LogP contribution in [0.3, 0.4) is 0 Å². The number of carboxylic acid groups (broad SMARTS) is 1. The Morgan fingerprint density at radius 3 is 2.57 bits per heavy atom. The van der Waals surface area contributed by atoms with Crippen LogP contribution in [0.2, 0.25) is 0 Å². The molecule has 0 unspecified atom stereocenters. The molecule has 3 aromatic rings. The molecule has 21 heavy (non-hydrogen) atoms. The molecule has 0 atom stereocenters. The van der Waals surface area contributed by atoms with E-state index < -0.39 is 5.97 Å². The number of carboxylic acids is 1. The van der Waals surface area contributed by atoms with Crippen LogP contribution in [0.25, 0.3) is 11.0 Å². The maximum Gasteiger partial charge on any atom is 0.335 e. The summed E-state index contributed by atoms with van der Waals surface area (Å²) in [4.78, 5) is 10.8. The van der Waals surface area contributed by atoms with E-state index in [0.29, 0.717) is 12.0 Å². The Labute approximate surface area is 121 Å². The molecule has 2 N–H and O–H groups in total. The van der Waals surface area contributed by atoms with Crippen LogP contribution in [0.15, 0.2) is 47.1 Å². The fourth-order valence-electron chi connectivity index (χ4n) is 2.55. The fourth-order valence-corrected chi connectivity index (χ4v) is 2.55. The zero-order valence-corrected chi connectivity index (χ0v) is 11.5. The van der Waals surface area contributed by atoms with Crippen molar-refractivity contribution in [2.75, 3.05) is 0 Å². The summed E-state index contributed by atoms with van der Waals surface area (Å²) < 4.78 is 5.49. The highest BCUT2D eigenvalue weighted by Gasteiger charge is 2.11. The van der Waals surface area contributed by atoms with Crippen molar-refractivity contribution in [1.29, 1.82) is 0 Å². The van der Waals surface area contributed by atoms with Crippen LogP contribution in [0.4, 0.5) is 0 Å². The standard InChI is InChI=1S/C17H14O4/c1-10-6-14(18)8-15-16(10)13(9-21-15)7-11-2-4-12(5-3-11)17(19)20/h2-6,8-9,18H,7H2,1H3,(H,19,20). The van der Waals surface area contributed by atoms with Crippen LogP contribution in [0.1, 0.15) is 27.0 Å². The SMILES string of the molecule is Cc1cc(O)cc2occ(Cc3ccc(C(=O)O)cc3)c12. The second kappa shape index (κ2) is 4.98. The lowest BCUT2D eigenvalue weighted by atomic mass is 10.0. The molecule has 0 aliphatic heterocycles. The van der Waals surface area contributed by atoms with E-state index in [4.69, 9.17) is 9.52 Å². The van der Waals surface area contributed by atoms with Crippen molar-refractivity contribution in [2.45, 2.75) is 13.3 Å². The van der Waals surface area contributed by atoms with Crippen molar-refractivity contribution in [3.63, 3.8) is 0 Å². The zero-order valence-electron chi connectivity index (χ0n) is 11.5. The van der Waals surface area contributed by atoms with Crippen molar-refractivity contribution < 1.29 is 19.4 Å². The minimum absolute atomic E-state index is 0.187. The van der Waals surface area contributed by atoms with E-state index in [1.807, 2.05) is 6.92 Å². The number of aromatic carboxylic acids is 1. The van der Waals surface area contributed by atoms with Crippen LogP contribution >= 0.6 is 0 Å². The number of aromatic hydroxyl groups is 1. The summed E-state index contributed by atoms with van der Waals surface area (Å²) in [6, 6.07) is 10.1. The van der Waals surface area contributed by atoms with Gasteiger partial charge in [0, 0.05) is 23.4 Å². The van der Waals surface area contributed by atoms with E-state index >= 15 is 0 Å². The first kappa shape index (κ1) is 13.2. The van der Waals surface area contributed by atoms with Gasteiger partial charge in [0.25, 0.3) is 0 Å². The van der Waals surface area contributed by atoms with Crippen LogP contribution < -0.4 is 0 Å². The smallest absolute Gasteiger partial charge is 0.335 e. The highest BCUT2D eigenvalue weighted by atomic mass is 16.4. The van der Waals surface area contributed by atoms with Gasteiger partial charge in [0.05, 0.1) is 11.8 Å². The lowest BCUT2D eigenvalue weighted by Gasteiger charge is -2.03. The Hall–Kier alpha value is -2.75. The van der Waals surface area contributed by atoms with Crippen LogP contribution in [0.5, 0.6) is 5.75 Å². The molecule has 3 rings (SSSR count). The van der Waals surface area contributed by atoms with Crippen molar-refractivity contribution in [1.82, 2.24) is 0 Å². The summed E-state index contributed by atoms with van der Waals surface area (Å²) in [5, 5.41) is 19.5. The number of furan rings is 1. The number of rotatable bonds is 3. The third-order valence-electron chi connectivity index (χ3n) is 3.53. The largest absolute Gasteiger partial charge is 0.508 e. The topological polar surface area (TPSA) is 70.7 Å². The maximum absolute atomic E-state index is 10.8. The van der Waals surface area contributed by atoms with Crippen molar-refractivity contribution in [2.24, 2.45) is 0 Å². The van der Waals surface area contributed by atoms with Crippen molar-refractivity contribution in [3.05, 3.63) is 64.9 Å². The second-order valence-electron chi connectivity index (χ2n) is 5.08. The van der Waals surface area contributed by atoms with Crippen molar-refractivity contribution >= 4 is 16.9 Å². The highest BCUT2D eigenvalue weighted by molar-refractivity contribution is 5.88. The van der Waals surface area contributed by atoms with Crippen LogP contribution in [-0.2, 0) is 6.42 Å². The maximum atomic E-state index is 10.8. The van der Waals surface area contributed by atoms with E-state index in [-0.39, 0.29) is 11.3 Å². The van der Waals surface area contributed by atoms with Gasteiger partial charge in [0.2, 0.25) is 0 Å². The molecule has 4 nitrogen and oxygen atoms in total. The first-order valence-corrected chi connectivity index (χ1v) is 6.56. The Balaban J connectivity index is 1.96. The van der Waals surface area contributed by atoms with Gasteiger partial charge in [-0.3, -0.25) is 0 Å². The van der Waals surface area contributed by atoms with Gasteiger partial charge in [-0.1, -0.05) is 12.1 Å². The molecule has 0 radical (unpaired) electrons. The van der Waals surface area contributed by atoms with E-state index in [1.165, 1.54) is 0 Å². The quantitative estimate of drug-likeness (QED) is 0.767. The molecule has 0 amide bonds. The highest BCUT2D eigenvalue weighted by Crippen LogP contribution is 2.30. The average Bonchev–Trinajstić information content (AvgIpc) is 2.82. The Bertz CT molecular complexity index is 813. The second-order valence-corrected chi connectivity index (χ2v) is 5.08. The summed E-state index contributed by atoms with van der Waals surface area (Å²) in [7, 11) is 0. The molecule has 0 bridgehead atoms. The number of benzene rings is 2. The predicted octanol–water partition coefficient (Wildman–Crippen LogP) is 3.74. The first-order valence-electron chi connectivity index (χ1n) is 6.56. The molecule has 4 heteroatoms. The number of fused-ring (bicyclic) bond motifs is 1. The first-order chi connectivity index (χ1) is 10.0. The molecule has 0 saturated carbocycles. The lowest BCUT2D eigenvalue weighted by Crippen LogP contribution is -1.96. The Kier molecular flexibility index (Phi) is 3.14. The van der Waals surface area contributed by atoms with Gasteiger partial charge in [-0.25, -0.2) is 4.79 Å². The third kappa shape index (κ3) is 2.48. The molecule has 106 valence electrons. The minimum atomic E-state index is -0.929. The van der Waals surface area contributed by atoms with E-state index in [0.717, 1.165) is 22.1 Å².